The second-order valence-corrected chi connectivity index (χ2v) is 4.68. The molecular weight excluding hydrogens is 262 g/mol. The molecule has 0 bridgehead atoms. The first kappa shape index (κ1) is 13.8. The van der Waals surface area contributed by atoms with E-state index in [1.54, 1.807) is 7.11 Å². The van der Waals surface area contributed by atoms with E-state index in [0.29, 0.717) is 16.9 Å². The van der Waals surface area contributed by atoms with E-state index in [9.17, 15) is 0 Å². The highest BCUT2D eigenvalue weighted by atomic mass is 32.1. The van der Waals surface area contributed by atoms with Crippen molar-refractivity contribution in [1.82, 2.24) is 15.3 Å². The number of hydrogen-bond donors (Lipinski definition) is 2. The lowest BCUT2D eigenvalue weighted by Crippen LogP contribution is -2.29. The number of hydrogen-bond acceptors (Lipinski definition) is 5. The molecule has 0 saturated carbocycles. The summed E-state index contributed by atoms with van der Waals surface area (Å²) in [6.45, 7) is 4.79. The van der Waals surface area contributed by atoms with E-state index >= 15 is 0 Å². The number of aromatic nitrogens is 2. The fraction of sp³-hybridized carbons (Fsp3) is 0.583. The van der Waals surface area contributed by atoms with Crippen molar-refractivity contribution < 1.29 is 4.74 Å². The van der Waals surface area contributed by atoms with Crippen molar-refractivity contribution >= 4 is 29.1 Å². The first-order valence-electron chi connectivity index (χ1n) is 6.45. The topological polar surface area (TPSA) is 62.3 Å². The van der Waals surface area contributed by atoms with Gasteiger partial charge in [0.2, 0.25) is 11.8 Å². The molecule has 1 aliphatic heterocycles. The number of thiocarbonyl (C=S) groups is 1. The molecule has 1 aliphatic rings. The van der Waals surface area contributed by atoms with Gasteiger partial charge in [0.15, 0.2) is 5.11 Å². The standard InChI is InChI=1S/C12H19N5OS/c1-3-13-12(19)16-11-14-9(8-10(15-11)18-2)17-6-4-5-7-17/h8H,3-7H2,1-2H3,(H2,13,14,15,16,19). The Morgan fingerprint density at radius 2 is 2.16 bits per heavy atom. The largest absolute Gasteiger partial charge is 0.481 e. The summed E-state index contributed by atoms with van der Waals surface area (Å²) in [4.78, 5) is 11.0. The smallest absolute Gasteiger partial charge is 0.234 e. The van der Waals surface area contributed by atoms with Gasteiger partial charge in [0.25, 0.3) is 0 Å². The van der Waals surface area contributed by atoms with Crippen LogP contribution in [-0.4, -0.2) is 41.8 Å². The average molecular weight is 281 g/mol. The van der Waals surface area contributed by atoms with Gasteiger partial charge in [0, 0.05) is 25.7 Å². The molecule has 0 unspecified atom stereocenters. The molecule has 0 radical (unpaired) electrons. The average Bonchev–Trinajstić information content (AvgIpc) is 2.92. The van der Waals surface area contributed by atoms with Gasteiger partial charge >= 0.3 is 0 Å². The van der Waals surface area contributed by atoms with E-state index < -0.39 is 0 Å². The van der Waals surface area contributed by atoms with Crippen molar-refractivity contribution in [2.45, 2.75) is 19.8 Å². The molecule has 1 fully saturated rings. The highest BCUT2D eigenvalue weighted by Crippen LogP contribution is 2.22. The van der Waals surface area contributed by atoms with Crippen LogP contribution < -0.4 is 20.3 Å². The predicted molar refractivity (Wildman–Crippen MR) is 79.9 cm³/mol. The van der Waals surface area contributed by atoms with E-state index in [2.05, 4.69) is 25.5 Å². The first-order valence-corrected chi connectivity index (χ1v) is 6.86. The first-order chi connectivity index (χ1) is 9.22. The normalized spacial score (nSPS) is 14.3. The third-order valence-corrected chi connectivity index (χ3v) is 3.14. The summed E-state index contributed by atoms with van der Waals surface area (Å²) in [6.07, 6.45) is 2.40. The Balaban J connectivity index is 2.17. The number of nitrogens with one attached hydrogen (secondary N) is 2. The van der Waals surface area contributed by atoms with Crippen LogP contribution in [0.4, 0.5) is 11.8 Å². The van der Waals surface area contributed by atoms with Crippen molar-refractivity contribution in [3.63, 3.8) is 0 Å². The SMILES string of the molecule is CCNC(=S)Nc1nc(OC)cc(N2CCCC2)n1. The number of nitrogens with zero attached hydrogens (tertiary/aromatic N) is 3. The number of rotatable bonds is 4. The molecule has 7 heteroatoms. The second-order valence-electron chi connectivity index (χ2n) is 4.27. The molecule has 2 heterocycles. The maximum Gasteiger partial charge on any atom is 0.234 e. The zero-order valence-corrected chi connectivity index (χ0v) is 12.1. The minimum absolute atomic E-state index is 0.465. The van der Waals surface area contributed by atoms with Crippen LogP contribution in [-0.2, 0) is 0 Å². The Bertz CT molecular complexity index is 448. The fourth-order valence-electron chi connectivity index (χ4n) is 1.99. The molecule has 0 amide bonds. The van der Waals surface area contributed by atoms with Gasteiger partial charge < -0.3 is 20.3 Å². The summed E-state index contributed by atoms with van der Waals surface area (Å²) in [7, 11) is 1.60. The third-order valence-electron chi connectivity index (χ3n) is 2.89. The summed E-state index contributed by atoms with van der Waals surface area (Å²) in [6, 6.07) is 1.85. The highest BCUT2D eigenvalue weighted by molar-refractivity contribution is 7.80. The van der Waals surface area contributed by atoms with Crippen LogP contribution in [0.1, 0.15) is 19.8 Å². The molecule has 1 saturated heterocycles. The molecule has 0 atom stereocenters. The Morgan fingerprint density at radius 1 is 1.42 bits per heavy atom. The van der Waals surface area contributed by atoms with Crippen LogP contribution in [0, 0.1) is 0 Å². The second kappa shape index (κ2) is 6.51. The van der Waals surface area contributed by atoms with Crippen molar-refractivity contribution in [3.8, 4) is 5.88 Å². The van der Waals surface area contributed by atoms with Gasteiger partial charge in [-0.15, -0.1) is 0 Å². The van der Waals surface area contributed by atoms with Gasteiger partial charge in [-0.05, 0) is 32.0 Å². The van der Waals surface area contributed by atoms with E-state index in [4.69, 9.17) is 17.0 Å². The van der Waals surface area contributed by atoms with Crippen LogP contribution >= 0.6 is 12.2 Å². The Morgan fingerprint density at radius 3 is 2.79 bits per heavy atom. The number of anilines is 2. The number of methoxy groups -OCH3 is 1. The van der Waals surface area contributed by atoms with Crippen LogP contribution in [0.25, 0.3) is 0 Å². The maximum absolute atomic E-state index is 5.22. The summed E-state index contributed by atoms with van der Waals surface area (Å²) in [5, 5.41) is 6.50. The lowest BCUT2D eigenvalue weighted by molar-refractivity contribution is 0.397. The maximum atomic E-state index is 5.22. The summed E-state index contributed by atoms with van der Waals surface area (Å²) < 4.78 is 5.22. The van der Waals surface area contributed by atoms with E-state index in [-0.39, 0.29) is 0 Å². The molecule has 2 rings (SSSR count). The zero-order chi connectivity index (χ0) is 13.7. The fourth-order valence-corrected chi connectivity index (χ4v) is 2.22. The molecule has 0 aromatic carbocycles. The Kier molecular flexibility index (Phi) is 4.73. The highest BCUT2D eigenvalue weighted by Gasteiger charge is 2.16. The third kappa shape index (κ3) is 3.66. The van der Waals surface area contributed by atoms with Gasteiger partial charge in [-0.1, -0.05) is 0 Å². The molecule has 1 aromatic heterocycles. The van der Waals surface area contributed by atoms with Gasteiger partial charge in [0.05, 0.1) is 7.11 Å². The summed E-state index contributed by atoms with van der Waals surface area (Å²) in [5.41, 5.74) is 0. The van der Waals surface area contributed by atoms with Crippen molar-refractivity contribution in [1.29, 1.82) is 0 Å². The van der Waals surface area contributed by atoms with E-state index in [1.165, 1.54) is 12.8 Å². The molecule has 0 spiro atoms. The summed E-state index contributed by atoms with van der Waals surface area (Å²) >= 11 is 5.14. The lowest BCUT2D eigenvalue weighted by atomic mass is 10.4. The van der Waals surface area contributed by atoms with Crippen molar-refractivity contribution in [2.75, 3.05) is 37.0 Å². The van der Waals surface area contributed by atoms with E-state index in [0.717, 1.165) is 25.5 Å². The zero-order valence-electron chi connectivity index (χ0n) is 11.3. The van der Waals surface area contributed by atoms with Crippen LogP contribution in [0.15, 0.2) is 6.07 Å². The Hall–Kier alpha value is -1.63. The number of ether oxygens (including phenoxy) is 1. The van der Waals surface area contributed by atoms with Crippen molar-refractivity contribution in [2.24, 2.45) is 0 Å². The van der Waals surface area contributed by atoms with Gasteiger partial charge in [0.1, 0.15) is 5.82 Å². The van der Waals surface area contributed by atoms with E-state index in [1.807, 2.05) is 13.0 Å². The molecule has 6 nitrogen and oxygen atoms in total. The van der Waals surface area contributed by atoms with Gasteiger partial charge in [-0.3, -0.25) is 0 Å². The van der Waals surface area contributed by atoms with Crippen LogP contribution in [0.2, 0.25) is 0 Å². The minimum atomic E-state index is 0.465. The van der Waals surface area contributed by atoms with Crippen molar-refractivity contribution in [3.05, 3.63) is 6.07 Å². The quantitative estimate of drug-likeness (QED) is 0.809. The molecular formula is C12H19N5OS. The summed E-state index contributed by atoms with van der Waals surface area (Å²) in [5.74, 6) is 1.89. The monoisotopic (exact) mass is 281 g/mol. The van der Waals surface area contributed by atoms with Crippen LogP contribution in [0.5, 0.6) is 5.88 Å². The molecule has 19 heavy (non-hydrogen) atoms. The Labute approximate surface area is 118 Å². The molecule has 104 valence electrons. The van der Waals surface area contributed by atoms with Crippen LogP contribution in [0.3, 0.4) is 0 Å². The molecule has 0 aliphatic carbocycles. The molecule has 2 N–H and O–H groups in total. The predicted octanol–water partition coefficient (Wildman–Crippen LogP) is 1.39. The minimum Gasteiger partial charge on any atom is -0.481 e. The lowest BCUT2D eigenvalue weighted by Gasteiger charge is -2.18. The van der Waals surface area contributed by atoms with Gasteiger partial charge in [-0.25, -0.2) is 0 Å². The molecule has 1 aromatic rings. The van der Waals surface area contributed by atoms with Gasteiger partial charge in [-0.2, -0.15) is 9.97 Å².